The van der Waals surface area contributed by atoms with E-state index in [0.29, 0.717) is 28.6 Å². The van der Waals surface area contributed by atoms with Crippen molar-refractivity contribution >= 4 is 35.0 Å². The van der Waals surface area contributed by atoms with E-state index in [-0.39, 0.29) is 19.1 Å². The smallest absolute Gasteiger partial charge is 0.414 e. The van der Waals surface area contributed by atoms with Crippen molar-refractivity contribution in [2.24, 2.45) is 0 Å². The zero-order chi connectivity index (χ0) is 25.4. The van der Waals surface area contributed by atoms with Gasteiger partial charge in [0.05, 0.1) is 12.2 Å². The van der Waals surface area contributed by atoms with Gasteiger partial charge in [0.1, 0.15) is 18.0 Å². The Morgan fingerprint density at radius 1 is 0.943 bits per heavy atom. The molecule has 0 fully saturated rings. The van der Waals surface area contributed by atoms with Crippen molar-refractivity contribution < 1.29 is 19.1 Å². The molecule has 0 bridgehead atoms. The van der Waals surface area contributed by atoms with Gasteiger partial charge >= 0.3 is 6.09 Å². The Morgan fingerprint density at radius 3 is 2.23 bits per heavy atom. The van der Waals surface area contributed by atoms with E-state index in [9.17, 15) is 9.59 Å². The van der Waals surface area contributed by atoms with Crippen molar-refractivity contribution in [2.75, 3.05) is 29.5 Å². The average Bonchev–Trinajstić information content (AvgIpc) is 2.82. The van der Waals surface area contributed by atoms with Gasteiger partial charge in [-0.2, -0.15) is 0 Å². The predicted octanol–water partition coefficient (Wildman–Crippen LogP) is 6.22. The molecule has 0 saturated carbocycles. The molecule has 1 aromatic heterocycles. The normalized spacial score (nSPS) is 11.0. The second-order valence-electron chi connectivity index (χ2n) is 8.75. The number of aromatic nitrogens is 1. The number of carbonyl (C=O) groups is 2. The molecular formula is C27H30ClN3O4. The summed E-state index contributed by atoms with van der Waals surface area (Å²) in [6.45, 7) is 8.23. The van der Waals surface area contributed by atoms with Gasteiger partial charge in [0, 0.05) is 35.2 Å². The third-order valence-corrected chi connectivity index (χ3v) is 5.14. The quantitative estimate of drug-likeness (QED) is 0.371. The van der Waals surface area contributed by atoms with E-state index in [1.165, 1.54) is 4.90 Å². The van der Waals surface area contributed by atoms with Gasteiger partial charge in [0.2, 0.25) is 0 Å². The molecule has 0 atom stereocenters. The summed E-state index contributed by atoms with van der Waals surface area (Å²) in [5.41, 5.74) is 1.21. The van der Waals surface area contributed by atoms with E-state index in [1.54, 1.807) is 47.6 Å². The number of anilines is 2. The third-order valence-electron chi connectivity index (χ3n) is 4.92. The Hall–Kier alpha value is -3.58. The Bertz CT molecular complexity index is 1130. The predicted molar refractivity (Wildman–Crippen MR) is 139 cm³/mol. The molecule has 2 aromatic carbocycles. The number of hydrogen-bond donors (Lipinski definition) is 0. The van der Waals surface area contributed by atoms with Gasteiger partial charge in [-0.15, -0.1) is 0 Å². The molecule has 3 aromatic rings. The number of nitrogens with zero attached hydrogens (tertiary/aromatic N) is 3. The lowest BCUT2D eigenvalue weighted by Gasteiger charge is -2.27. The zero-order valence-corrected chi connectivity index (χ0v) is 21.2. The molecule has 0 spiro atoms. The number of hydrogen-bond acceptors (Lipinski definition) is 5. The van der Waals surface area contributed by atoms with Crippen LogP contribution in [0, 0.1) is 0 Å². The minimum atomic E-state index is -0.644. The van der Waals surface area contributed by atoms with Crippen LogP contribution in [0.15, 0.2) is 73.1 Å². The molecule has 0 saturated heterocycles. The molecule has 0 unspecified atom stereocenters. The van der Waals surface area contributed by atoms with Gasteiger partial charge < -0.3 is 14.4 Å². The molecular weight excluding hydrogens is 466 g/mol. The van der Waals surface area contributed by atoms with E-state index in [0.717, 1.165) is 5.69 Å². The standard InChI is InChI=1S/C27H30ClN3O4/c1-5-30(22-9-7-6-8-10-22)25(32)20-17-21(28)19-24(18-20)34-16-15-31(23-11-13-29-14-12-23)26(33)35-27(2,3)4/h6-14,17-19H,5,15-16H2,1-4H3. The van der Waals surface area contributed by atoms with Crippen LogP contribution in [-0.2, 0) is 4.74 Å². The second kappa shape index (κ2) is 11.7. The van der Waals surface area contributed by atoms with Crippen LogP contribution in [0.2, 0.25) is 5.02 Å². The first-order valence-corrected chi connectivity index (χ1v) is 11.8. The monoisotopic (exact) mass is 495 g/mol. The Labute approximate surface area is 211 Å². The summed E-state index contributed by atoms with van der Waals surface area (Å²) in [6.07, 6.45) is 2.72. The molecule has 0 radical (unpaired) electrons. The summed E-state index contributed by atoms with van der Waals surface area (Å²) >= 11 is 6.31. The van der Waals surface area contributed by atoms with Crippen molar-refractivity contribution in [2.45, 2.75) is 33.3 Å². The number of carbonyl (C=O) groups excluding carboxylic acids is 2. The summed E-state index contributed by atoms with van der Waals surface area (Å²) < 4.78 is 11.5. The fraction of sp³-hybridized carbons (Fsp3) is 0.296. The van der Waals surface area contributed by atoms with E-state index >= 15 is 0 Å². The van der Waals surface area contributed by atoms with E-state index in [1.807, 2.05) is 58.0 Å². The first-order valence-electron chi connectivity index (χ1n) is 11.4. The summed E-state index contributed by atoms with van der Waals surface area (Å²) in [5, 5.41) is 0.382. The maximum Gasteiger partial charge on any atom is 0.414 e. The van der Waals surface area contributed by atoms with Crippen molar-refractivity contribution in [3.63, 3.8) is 0 Å². The molecule has 35 heavy (non-hydrogen) atoms. The van der Waals surface area contributed by atoms with Crippen LogP contribution in [0.3, 0.4) is 0 Å². The van der Waals surface area contributed by atoms with Gasteiger partial charge in [0.15, 0.2) is 0 Å². The summed E-state index contributed by atoms with van der Waals surface area (Å²) in [4.78, 5) is 33.2. The molecule has 7 nitrogen and oxygen atoms in total. The van der Waals surface area contributed by atoms with Crippen LogP contribution < -0.4 is 14.5 Å². The third kappa shape index (κ3) is 7.45. The lowest BCUT2D eigenvalue weighted by Crippen LogP contribution is -2.39. The number of amides is 2. The molecule has 2 amide bonds. The molecule has 0 aliphatic carbocycles. The topological polar surface area (TPSA) is 72.0 Å². The number of pyridine rings is 1. The highest BCUT2D eigenvalue weighted by molar-refractivity contribution is 6.31. The molecule has 0 aliphatic heterocycles. The minimum absolute atomic E-state index is 0.158. The van der Waals surface area contributed by atoms with Gasteiger partial charge in [-0.25, -0.2) is 4.79 Å². The highest BCUT2D eigenvalue weighted by Gasteiger charge is 2.24. The fourth-order valence-corrected chi connectivity index (χ4v) is 3.62. The lowest BCUT2D eigenvalue weighted by atomic mass is 10.1. The van der Waals surface area contributed by atoms with Crippen LogP contribution in [-0.4, -0.2) is 42.3 Å². The zero-order valence-electron chi connectivity index (χ0n) is 20.4. The average molecular weight is 496 g/mol. The van der Waals surface area contributed by atoms with E-state index < -0.39 is 11.7 Å². The van der Waals surface area contributed by atoms with E-state index in [4.69, 9.17) is 21.1 Å². The van der Waals surface area contributed by atoms with Crippen molar-refractivity contribution in [3.05, 3.63) is 83.6 Å². The van der Waals surface area contributed by atoms with Gasteiger partial charge in [-0.05, 0) is 70.2 Å². The summed E-state index contributed by atoms with van der Waals surface area (Å²) in [7, 11) is 0. The maximum atomic E-state index is 13.2. The second-order valence-corrected chi connectivity index (χ2v) is 9.18. The van der Waals surface area contributed by atoms with Crippen LogP contribution in [0.5, 0.6) is 5.75 Å². The first-order chi connectivity index (χ1) is 16.7. The number of rotatable bonds is 8. The van der Waals surface area contributed by atoms with Crippen molar-refractivity contribution in [1.29, 1.82) is 0 Å². The molecule has 0 aliphatic rings. The van der Waals surface area contributed by atoms with Crippen LogP contribution in [0.25, 0.3) is 0 Å². The number of benzene rings is 2. The van der Waals surface area contributed by atoms with Crippen molar-refractivity contribution in [3.8, 4) is 5.75 Å². The van der Waals surface area contributed by atoms with E-state index in [2.05, 4.69) is 4.98 Å². The molecule has 3 rings (SSSR count). The molecule has 0 N–H and O–H groups in total. The summed E-state index contributed by atoms with van der Waals surface area (Å²) in [5.74, 6) is 0.252. The van der Waals surface area contributed by atoms with Crippen LogP contribution in [0.4, 0.5) is 16.2 Å². The maximum absolute atomic E-state index is 13.2. The molecule has 184 valence electrons. The van der Waals surface area contributed by atoms with Crippen molar-refractivity contribution in [1.82, 2.24) is 4.98 Å². The fourth-order valence-electron chi connectivity index (χ4n) is 3.40. The van der Waals surface area contributed by atoms with Gasteiger partial charge in [-0.1, -0.05) is 29.8 Å². The van der Waals surface area contributed by atoms with Crippen LogP contribution in [0.1, 0.15) is 38.1 Å². The Morgan fingerprint density at radius 2 is 1.60 bits per heavy atom. The Balaban J connectivity index is 1.74. The molecule has 1 heterocycles. The largest absolute Gasteiger partial charge is 0.492 e. The highest BCUT2D eigenvalue weighted by Crippen LogP contribution is 2.25. The first kappa shape index (κ1) is 26.0. The van der Waals surface area contributed by atoms with Crippen LogP contribution >= 0.6 is 11.6 Å². The Kier molecular flexibility index (Phi) is 8.71. The SMILES string of the molecule is CCN(C(=O)c1cc(Cl)cc(OCCN(C(=O)OC(C)(C)C)c2ccncc2)c1)c1ccccc1. The lowest BCUT2D eigenvalue weighted by molar-refractivity contribution is 0.0575. The minimum Gasteiger partial charge on any atom is -0.492 e. The number of ether oxygens (including phenoxy) is 2. The molecule has 8 heteroatoms. The highest BCUT2D eigenvalue weighted by atomic mass is 35.5. The van der Waals surface area contributed by atoms with Gasteiger partial charge in [-0.3, -0.25) is 14.7 Å². The van der Waals surface area contributed by atoms with Gasteiger partial charge in [0.25, 0.3) is 5.91 Å². The number of halogens is 1. The number of para-hydroxylation sites is 1. The summed E-state index contributed by atoms with van der Waals surface area (Å²) in [6, 6.07) is 17.8.